The minimum absolute atomic E-state index is 0.0524. The summed E-state index contributed by atoms with van der Waals surface area (Å²) in [5.41, 5.74) is 0.866. The van der Waals surface area contributed by atoms with Gasteiger partial charge in [-0.25, -0.2) is 19.2 Å². The van der Waals surface area contributed by atoms with Crippen LogP contribution in [0.25, 0.3) is 0 Å². The van der Waals surface area contributed by atoms with Crippen molar-refractivity contribution in [2.45, 2.75) is 26.7 Å². The van der Waals surface area contributed by atoms with Crippen molar-refractivity contribution in [3.05, 3.63) is 44.7 Å². The average molecular weight is 392 g/mol. The molecule has 0 radical (unpaired) electrons. The summed E-state index contributed by atoms with van der Waals surface area (Å²) in [6.07, 6.45) is -3.49. The molecule has 0 spiro atoms. The first kappa shape index (κ1) is 18.8. The van der Waals surface area contributed by atoms with Crippen LogP contribution < -0.4 is 20.5 Å². The Morgan fingerprint density at radius 3 is 2.46 bits per heavy atom. The highest BCUT2D eigenvalue weighted by molar-refractivity contribution is 6.32. The number of nitrogens with one attached hydrogen (secondary N) is 3. The number of hydrogen-bond acceptors (Lipinski definition) is 2. The van der Waals surface area contributed by atoms with Crippen LogP contribution in [0.1, 0.15) is 17.0 Å². The van der Waals surface area contributed by atoms with Gasteiger partial charge in [0.25, 0.3) is 5.82 Å². The molecule has 1 aliphatic rings. The molecule has 0 saturated carbocycles. The largest absolute Gasteiger partial charge is 0.419 e. The van der Waals surface area contributed by atoms with Crippen molar-refractivity contribution < 1.29 is 23.1 Å². The van der Waals surface area contributed by atoms with Crippen LogP contribution in [-0.4, -0.2) is 35.7 Å². The summed E-state index contributed by atoms with van der Waals surface area (Å²) in [6.45, 7) is 7.10. The summed E-state index contributed by atoms with van der Waals surface area (Å²) in [5, 5.41) is 0.0524. The molecule has 142 valence electrons. The third kappa shape index (κ3) is 3.73. The lowest BCUT2D eigenvalue weighted by atomic mass is 10.2. The van der Waals surface area contributed by atoms with E-state index in [1.54, 1.807) is 4.57 Å². The highest BCUT2D eigenvalue weighted by Gasteiger charge is 2.35. The molecule has 0 aliphatic carbocycles. The predicted molar refractivity (Wildman–Crippen MR) is 90.4 cm³/mol. The molecular formula is C16H21ClF3N5O+2. The van der Waals surface area contributed by atoms with E-state index >= 15 is 0 Å². The number of H-pyrrole nitrogens is 2. The molecule has 6 nitrogen and oxygen atoms in total. The van der Waals surface area contributed by atoms with E-state index in [0.29, 0.717) is 25.6 Å². The highest BCUT2D eigenvalue weighted by Crippen LogP contribution is 2.31. The third-order valence-electron chi connectivity index (χ3n) is 4.86. The number of pyridine rings is 1. The number of quaternary nitrogens is 1. The van der Waals surface area contributed by atoms with Gasteiger partial charge >= 0.3 is 11.9 Å². The van der Waals surface area contributed by atoms with Crippen LogP contribution in [0.5, 0.6) is 0 Å². The molecule has 0 unspecified atom stereocenters. The Labute approximate surface area is 153 Å². The van der Waals surface area contributed by atoms with Gasteiger partial charge in [-0.1, -0.05) is 11.6 Å². The van der Waals surface area contributed by atoms with E-state index in [1.807, 2.05) is 18.7 Å². The number of aromatic amines is 2. The number of rotatable bonds is 3. The molecule has 10 heteroatoms. The minimum Gasteiger partial charge on any atom is -0.311 e. The van der Waals surface area contributed by atoms with Crippen molar-refractivity contribution in [2.75, 3.05) is 31.1 Å². The van der Waals surface area contributed by atoms with E-state index in [4.69, 9.17) is 11.6 Å². The smallest absolute Gasteiger partial charge is 0.311 e. The van der Waals surface area contributed by atoms with Crippen molar-refractivity contribution in [1.82, 2.24) is 9.55 Å². The molecule has 3 heterocycles. The number of piperazine rings is 1. The van der Waals surface area contributed by atoms with Gasteiger partial charge in [0, 0.05) is 11.4 Å². The quantitative estimate of drug-likeness (QED) is 0.807. The standard InChI is InChI=1S/C16H19ClF3N5O/c1-10-11(2)25(15(26)22-10)9-23-3-5-24(6-4-23)14-13(17)7-12(8-21-14)16(18,19)20/h7-8H,3-6,9H2,1-2H3,(H,22,26)/p+2. The molecule has 1 aliphatic heterocycles. The number of halogens is 4. The van der Waals surface area contributed by atoms with Crippen LogP contribution >= 0.6 is 11.6 Å². The molecule has 3 rings (SSSR count). The molecule has 2 aromatic heterocycles. The lowest BCUT2D eigenvalue weighted by Crippen LogP contribution is -3.14. The fourth-order valence-electron chi connectivity index (χ4n) is 3.16. The molecular weight excluding hydrogens is 371 g/mol. The molecule has 1 fully saturated rings. The lowest BCUT2D eigenvalue weighted by molar-refractivity contribution is -0.923. The van der Waals surface area contributed by atoms with Gasteiger partial charge in [0.2, 0.25) is 0 Å². The van der Waals surface area contributed by atoms with Crippen LogP contribution in [0.3, 0.4) is 0 Å². The van der Waals surface area contributed by atoms with Crippen molar-refractivity contribution in [3.63, 3.8) is 0 Å². The summed E-state index contributed by atoms with van der Waals surface area (Å²) in [7, 11) is 0. The van der Waals surface area contributed by atoms with E-state index < -0.39 is 11.7 Å². The monoisotopic (exact) mass is 391 g/mol. The molecule has 1 saturated heterocycles. The Kier molecular flexibility index (Phi) is 5.03. The second-order valence-corrected chi connectivity index (χ2v) is 6.95. The molecule has 0 atom stereocenters. The fourth-order valence-corrected chi connectivity index (χ4v) is 3.45. The first-order valence-electron chi connectivity index (χ1n) is 8.29. The number of nitrogens with zero attached hydrogens (tertiary/aromatic N) is 2. The zero-order valence-corrected chi connectivity index (χ0v) is 15.3. The number of hydrogen-bond donors (Lipinski definition) is 2. The van der Waals surface area contributed by atoms with Gasteiger partial charge in [0.15, 0.2) is 6.67 Å². The Morgan fingerprint density at radius 2 is 1.96 bits per heavy atom. The normalized spacial score (nSPS) is 16.3. The summed E-state index contributed by atoms with van der Waals surface area (Å²) < 4.78 is 39.9. The zero-order chi connectivity index (χ0) is 19.1. The number of imidazole rings is 1. The van der Waals surface area contributed by atoms with Crippen molar-refractivity contribution in [2.24, 2.45) is 0 Å². The van der Waals surface area contributed by atoms with Gasteiger partial charge in [0.1, 0.15) is 37.4 Å². The van der Waals surface area contributed by atoms with E-state index in [-0.39, 0.29) is 10.7 Å². The second-order valence-electron chi connectivity index (χ2n) is 6.55. The highest BCUT2D eigenvalue weighted by atomic mass is 35.5. The Morgan fingerprint density at radius 1 is 1.31 bits per heavy atom. The topological polar surface area (TPSA) is 59.6 Å². The summed E-state index contributed by atoms with van der Waals surface area (Å²) >= 11 is 6.05. The average Bonchev–Trinajstić information content (AvgIpc) is 2.81. The van der Waals surface area contributed by atoms with Crippen molar-refractivity contribution in [3.8, 4) is 0 Å². The summed E-state index contributed by atoms with van der Waals surface area (Å²) in [4.78, 5) is 20.6. The van der Waals surface area contributed by atoms with Crippen molar-refractivity contribution >= 4 is 17.4 Å². The van der Waals surface area contributed by atoms with Gasteiger partial charge in [-0.05, 0) is 19.9 Å². The summed E-state index contributed by atoms with van der Waals surface area (Å²) in [6, 6.07) is 0.943. The van der Waals surface area contributed by atoms with Crippen LogP contribution in [-0.2, 0) is 12.8 Å². The first-order chi connectivity index (χ1) is 12.2. The summed E-state index contributed by atoms with van der Waals surface area (Å²) in [5.74, 6) is 0.490. The number of anilines is 1. The van der Waals surface area contributed by atoms with Gasteiger partial charge in [-0.15, -0.1) is 0 Å². The van der Waals surface area contributed by atoms with Gasteiger partial charge in [-0.3, -0.25) is 0 Å². The second kappa shape index (κ2) is 6.96. The zero-order valence-electron chi connectivity index (χ0n) is 14.5. The van der Waals surface area contributed by atoms with Gasteiger partial charge < -0.3 is 9.88 Å². The predicted octanol–water partition coefficient (Wildman–Crippen LogP) is 0.642. The Bertz CT molecular complexity index is 853. The van der Waals surface area contributed by atoms with Crippen LogP contribution in [0.4, 0.5) is 19.0 Å². The maximum atomic E-state index is 12.7. The van der Waals surface area contributed by atoms with Crippen LogP contribution in [0.2, 0.25) is 5.02 Å². The van der Waals surface area contributed by atoms with E-state index in [0.717, 1.165) is 36.7 Å². The van der Waals surface area contributed by atoms with Crippen LogP contribution in [0, 0.1) is 13.8 Å². The molecule has 2 aromatic rings. The Balaban J connectivity index is 1.66. The molecule has 0 amide bonds. The number of aromatic nitrogens is 3. The van der Waals surface area contributed by atoms with Crippen molar-refractivity contribution in [1.29, 1.82) is 0 Å². The number of aryl methyl sites for hydroxylation is 1. The SMILES string of the molecule is Cc1[nH]c(=O)n(C[NH+]2CCN(c3[nH+]cc(C(F)(F)F)cc3Cl)CC2)c1C. The lowest BCUT2D eigenvalue weighted by Gasteiger charge is -2.28. The van der Waals surface area contributed by atoms with Gasteiger partial charge in [-0.2, -0.15) is 13.2 Å². The fraction of sp³-hybridized carbons (Fsp3) is 0.500. The molecule has 3 N–H and O–H groups in total. The van der Waals surface area contributed by atoms with Gasteiger partial charge in [0.05, 0.1) is 5.56 Å². The van der Waals surface area contributed by atoms with E-state index in [1.165, 1.54) is 4.90 Å². The molecule has 26 heavy (non-hydrogen) atoms. The first-order valence-corrected chi connectivity index (χ1v) is 8.67. The molecule has 0 aromatic carbocycles. The molecule has 0 bridgehead atoms. The van der Waals surface area contributed by atoms with E-state index in [2.05, 4.69) is 9.97 Å². The maximum Gasteiger partial charge on any atom is 0.419 e. The maximum absolute atomic E-state index is 12.7. The van der Waals surface area contributed by atoms with Crippen LogP contribution in [0.15, 0.2) is 17.1 Å². The minimum atomic E-state index is -4.43. The van der Waals surface area contributed by atoms with E-state index in [9.17, 15) is 18.0 Å². The Hall–Kier alpha value is -2.00. The number of alkyl halides is 3. The third-order valence-corrected chi connectivity index (χ3v) is 5.14.